The monoisotopic (exact) mass is 357 g/mol. The summed E-state index contributed by atoms with van der Waals surface area (Å²) in [6, 6.07) is -0.0324. The van der Waals surface area contributed by atoms with Gasteiger partial charge >= 0.3 is 0 Å². The van der Waals surface area contributed by atoms with Gasteiger partial charge in [0.05, 0.1) is 0 Å². The molecule has 2 heterocycles. The van der Waals surface area contributed by atoms with E-state index < -0.39 is 0 Å². The quantitative estimate of drug-likeness (QED) is 0.563. The second-order valence-corrected chi connectivity index (χ2v) is 7.70. The van der Waals surface area contributed by atoms with Crippen LogP contribution in [-0.4, -0.2) is 45.7 Å². The first-order valence-corrected chi connectivity index (χ1v) is 10.2. The third-order valence-corrected chi connectivity index (χ3v) is 6.59. The van der Waals surface area contributed by atoms with Gasteiger partial charge in [-0.25, -0.2) is 0 Å². The zero-order valence-corrected chi connectivity index (χ0v) is 16.4. The normalized spacial score (nSPS) is 28.5. The molecule has 0 bridgehead atoms. The largest absolute Gasteiger partial charge is 0.300 e. The van der Waals surface area contributed by atoms with Crippen molar-refractivity contribution in [2.24, 2.45) is 11.8 Å². The highest BCUT2D eigenvalue weighted by Gasteiger charge is 2.42. The van der Waals surface area contributed by atoms with Crippen LogP contribution in [0.3, 0.4) is 0 Å². The zero-order chi connectivity index (χ0) is 17.6. The topological polar surface area (TPSA) is 54.5 Å². The predicted molar refractivity (Wildman–Crippen MR) is 99.5 cm³/mol. The number of fused-ring (bicyclic) bond motifs is 1. The number of thioether (sulfide) groups is 1. The summed E-state index contributed by atoms with van der Waals surface area (Å²) in [4.78, 5) is 34.0. The molecule has 1 saturated heterocycles. The summed E-state index contributed by atoms with van der Waals surface area (Å²) in [5.41, 5.74) is 0. The van der Waals surface area contributed by atoms with Crippen molar-refractivity contribution >= 4 is 38.6 Å². The van der Waals surface area contributed by atoms with Gasteiger partial charge in [0.1, 0.15) is 5.78 Å². The maximum absolute atomic E-state index is 11.1. The Morgan fingerprint density at radius 1 is 1.17 bits per heavy atom. The third kappa shape index (κ3) is 5.15. The molecule has 3 aliphatic rings. The summed E-state index contributed by atoms with van der Waals surface area (Å²) in [6.45, 7) is 7.62. The average molecular weight is 357 g/mol. The Kier molecular flexibility index (Phi) is 8.49. The number of carbonyl (C=O) groups excluding carboxylic acids is 3. The number of ketones is 1. The number of rotatable bonds is 2. The van der Waals surface area contributed by atoms with Crippen LogP contribution in [0.1, 0.15) is 40.5 Å². The van der Waals surface area contributed by atoms with Gasteiger partial charge in [-0.1, -0.05) is 13.8 Å². The molecule has 4 atom stereocenters. The van der Waals surface area contributed by atoms with E-state index in [2.05, 4.69) is 21.0 Å². The van der Waals surface area contributed by atoms with Gasteiger partial charge in [-0.15, -0.1) is 9.24 Å². The van der Waals surface area contributed by atoms with E-state index in [1.165, 1.54) is 29.0 Å². The van der Waals surface area contributed by atoms with Crippen LogP contribution in [0, 0.1) is 11.8 Å². The van der Waals surface area contributed by atoms with Crippen molar-refractivity contribution < 1.29 is 14.4 Å². The number of carbonyl (C=O) groups is 3. The molecular weight excluding hydrogens is 329 g/mol. The molecule has 23 heavy (non-hydrogen) atoms. The van der Waals surface area contributed by atoms with Crippen molar-refractivity contribution in [3.63, 3.8) is 0 Å². The molecule has 0 spiro atoms. The van der Waals surface area contributed by atoms with Crippen LogP contribution in [0.15, 0.2) is 12.2 Å². The molecule has 0 aromatic carbocycles. The Hall–Kier alpha value is -0.670. The van der Waals surface area contributed by atoms with Crippen molar-refractivity contribution in [1.82, 2.24) is 4.90 Å². The lowest BCUT2D eigenvalue weighted by Gasteiger charge is -2.17. The molecule has 2 fully saturated rings. The molecule has 130 valence electrons. The molecule has 0 aromatic heterocycles. The lowest BCUT2D eigenvalue weighted by atomic mass is 9.96. The summed E-state index contributed by atoms with van der Waals surface area (Å²) in [5, 5.41) is 0.761. The lowest BCUT2D eigenvalue weighted by molar-refractivity contribution is -0.138. The van der Waals surface area contributed by atoms with E-state index in [9.17, 15) is 14.4 Å². The van der Waals surface area contributed by atoms with Crippen molar-refractivity contribution in [2.45, 2.75) is 51.8 Å². The van der Waals surface area contributed by atoms with Crippen molar-refractivity contribution in [2.75, 3.05) is 11.9 Å². The fourth-order valence-electron chi connectivity index (χ4n) is 3.11. The van der Waals surface area contributed by atoms with Crippen LogP contribution in [0.2, 0.25) is 0 Å². The Morgan fingerprint density at radius 2 is 1.74 bits per heavy atom. The van der Waals surface area contributed by atoms with Gasteiger partial charge in [-0.05, 0) is 37.6 Å². The summed E-state index contributed by atoms with van der Waals surface area (Å²) in [5.74, 6) is 2.78. The van der Waals surface area contributed by atoms with Gasteiger partial charge in [0.25, 0.3) is 11.8 Å². The first-order valence-electron chi connectivity index (χ1n) is 8.32. The first-order chi connectivity index (χ1) is 10.9. The molecule has 2 amide bonds. The van der Waals surface area contributed by atoms with E-state index >= 15 is 0 Å². The number of nitrogens with zero attached hydrogens (tertiary/aromatic N) is 1. The molecule has 0 aromatic rings. The summed E-state index contributed by atoms with van der Waals surface area (Å²) < 4.78 is 0. The van der Waals surface area contributed by atoms with Crippen molar-refractivity contribution in [3.05, 3.63) is 12.2 Å². The van der Waals surface area contributed by atoms with E-state index in [4.69, 9.17) is 0 Å². The van der Waals surface area contributed by atoms with Gasteiger partial charge < -0.3 is 0 Å². The molecule has 2 aliphatic heterocycles. The van der Waals surface area contributed by atoms with Crippen LogP contribution < -0.4 is 0 Å². The third-order valence-electron chi connectivity index (χ3n) is 4.15. The van der Waals surface area contributed by atoms with Crippen LogP contribution in [0.5, 0.6) is 0 Å². The number of amides is 2. The Bertz CT molecular complexity index is 460. The molecule has 1 saturated carbocycles. The SMILES string of the molecule is CC.CC(C)N1C(=O)C=CC1=O.O=C1C[C@@H]2CSC(CP)[C@@H]2C1. The maximum Gasteiger partial charge on any atom is 0.253 e. The van der Waals surface area contributed by atoms with Crippen LogP contribution in [0.4, 0.5) is 0 Å². The Balaban J connectivity index is 0.000000209. The fourth-order valence-corrected chi connectivity index (χ4v) is 5.43. The minimum atomic E-state index is -0.208. The number of hydrogen-bond acceptors (Lipinski definition) is 4. The number of hydrogen-bond donors (Lipinski definition) is 0. The zero-order valence-electron chi connectivity index (χ0n) is 14.5. The highest BCUT2D eigenvalue weighted by atomic mass is 32.2. The van der Waals surface area contributed by atoms with Gasteiger partial charge in [0, 0.05) is 36.3 Å². The number of Topliss-reactive ketones (excluding diaryl/α,β-unsaturated/α-hetero) is 1. The molecule has 1 aliphatic carbocycles. The second-order valence-electron chi connectivity index (χ2n) is 5.95. The smallest absolute Gasteiger partial charge is 0.253 e. The summed E-state index contributed by atoms with van der Waals surface area (Å²) in [6.07, 6.45) is 5.50. The average Bonchev–Trinajstić information content (AvgIpc) is 3.15. The van der Waals surface area contributed by atoms with E-state index in [0.29, 0.717) is 5.78 Å². The maximum atomic E-state index is 11.1. The van der Waals surface area contributed by atoms with E-state index in [-0.39, 0.29) is 17.9 Å². The van der Waals surface area contributed by atoms with Crippen LogP contribution in [-0.2, 0) is 14.4 Å². The summed E-state index contributed by atoms with van der Waals surface area (Å²) in [7, 11) is 2.80. The standard InChI is InChI=1S/C8H13OPS.C7H9NO2.C2H6/c9-6-1-5-4-11-8(3-10)7(5)2-6;1-5(2)8-6(9)3-4-7(8)10;1-2/h5,7-8H,1-4,10H2;3-5H,1-2H3;1-2H3/t5-,7-,8?;;/m1../s1. The Labute approximate surface area is 146 Å². The molecular formula is C17H28NO3PS. The molecule has 3 rings (SSSR count). The predicted octanol–water partition coefficient (Wildman–Crippen LogP) is 2.92. The van der Waals surface area contributed by atoms with E-state index in [1.54, 1.807) is 0 Å². The molecule has 0 N–H and O–H groups in total. The van der Waals surface area contributed by atoms with Gasteiger partial charge in [-0.2, -0.15) is 11.8 Å². The minimum Gasteiger partial charge on any atom is -0.300 e. The first kappa shape index (κ1) is 20.4. The molecule has 2 unspecified atom stereocenters. The second kappa shape index (κ2) is 9.58. The minimum absolute atomic E-state index is 0.0324. The van der Waals surface area contributed by atoms with Crippen molar-refractivity contribution in [3.8, 4) is 0 Å². The van der Waals surface area contributed by atoms with Crippen LogP contribution in [0.25, 0.3) is 0 Å². The molecule has 4 nitrogen and oxygen atoms in total. The molecule has 0 radical (unpaired) electrons. The lowest BCUT2D eigenvalue weighted by Crippen LogP contribution is -2.36. The highest BCUT2D eigenvalue weighted by Crippen LogP contribution is 2.46. The number of imide groups is 1. The van der Waals surface area contributed by atoms with Crippen molar-refractivity contribution in [1.29, 1.82) is 0 Å². The van der Waals surface area contributed by atoms with E-state index in [0.717, 1.165) is 29.9 Å². The van der Waals surface area contributed by atoms with E-state index in [1.807, 2.05) is 27.7 Å². The van der Waals surface area contributed by atoms with Gasteiger partial charge in [0.2, 0.25) is 0 Å². The van der Waals surface area contributed by atoms with Gasteiger partial charge in [-0.3, -0.25) is 19.3 Å². The molecule has 6 heteroatoms. The van der Waals surface area contributed by atoms with Crippen LogP contribution >= 0.6 is 21.0 Å². The highest BCUT2D eigenvalue weighted by molar-refractivity contribution is 8.00. The summed E-state index contributed by atoms with van der Waals surface area (Å²) >= 11 is 2.06. The fraction of sp³-hybridized carbons (Fsp3) is 0.706. The Morgan fingerprint density at radius 3 is 2.17 bits per heavy atom. The van der Waals surface area contributed by atoms with Gasteiger partial charge in [0.15, 0.2) is 0 Å².